The van der Waals surface area contributed by atoms with E-state index in [9.17, 15) is 27.6 Å². The lowest BCUT2D eigenvalue weighted by molar-refractivity contribution is -0.151. The third-order valence-corrected chi connectivity index (χ3v) is 6.20. The molecule has 1 aliphatic carbocycles. The molecule has 35 heavy (non-hydrogen) atoms. The largest absolute Gasteiger partial charge is 0.468 e. The number of nitrogens with one attached hydrogen (secondary N) is 1. The van der Waals surface area contributed by atoms with Crippen molar-refractivity contribution in [2.75, 3.05) is 26.9 Å². The summed E-state index contributed by atoms with van der Waals surface area (Å²) >= 11 is 0. The van der Waals surface area contributed by atoms with E-state index in [0.717, 1.165) is 12.1 Å². The van der Waals surface area contributed by atoms with E-state index < -0.39 is 41.3 Å². The van der Waals surface area contributed by atoms with E-state index in [4.69, 9.17) is 14.2 Å². The molecule has 0 aromatic heterocycles. The number of carbonyl (C=O) groups excluding carboxylic acids is 3. The standard InChI is InChI=1S/C25H28F3NO6/c1-5-34-10-11-35-24(32)19-14(3)29-17-12-13(2)18(23(31)33-4)22(30)21(17)20(19)15-6-8-16(9-7-15)25(26,27)28/h6-9,13,18,20,29H,5,10-12H2,1-4H3/t13-,18+,20+/m0/s1. The van der Waals surface area contributed by atoms with E-state index >= 15 is 0 Å². The first-order valence-electron chi connectivity index (χ1n) is 11.3. The van der Waals surface area contributed by atoms with Crippen molar-refractivity contribution in [3.05, 3.63) is 57.9 Å². The number of benzene rings is 1. The predicted octanol–water partition coefficient (Wildman–Crippen LogP) is 3.90. The van der Waals surface area contributed by atoms with Gasteiger partial charge in [0.2, 0.25) is 0 Å². The number of hydrogen-bond acceptors (Lipinski definition) is 7. The summed E-state index contributed by atoms with van der Waals surface area (Å²) in [4.78, 5) is 39.1. The van der Waals surface area contributed by atoms with Gasteiger partial charge in [-0.15, -0.1) is 0 Å². The summed E-state index contributed by atoms with van der Waals surface area (Å²) in [5.41, 5.74) is 0.631. The minimum atomic E-state index is -4.55. The molecule has 0 amide bonds. The maximum Gasteiger partial charge on any atom is 0.416 e. The molecule has 0 radical (unpaired) electrons. The van der Waals surface area contributed by atoms with E-state index in [-0.39, 0.29) is 30.3 Å². The average Bonchev–Trinajstić information content (AvgIpc) is 2.80. The smallest absolute Gasteiger partial charge is 0.416 e. The molecule has 10 heteroatoms. The van der Waals surface area contributed by atoms with Gasteiger partial charge >= 0.3 is 18.1 Å². The number of ether oxygens (including phenoxy) is 3. The lowest BCUT2D eigenvalue weighted by Crippen LogP contribution is -2.43. The summed E-state index contributed by atoms with van der Waals surface area (Å²) in [7, 11) is 1.18. The van der Waals surface area contributed by atoms with Gasteiger partial charge in [-0.3, -0.25) is 9.59 Å². The van der Waals surface area contributed by atoms with E-state index in [2.05, 4.69) is 5.32 Å². The lowest BCUT2D eigenvalue weighted by atomic mass is 9.69. The van der Waals surface area contributed by atoms with E-state index in [1.807, 2.05) is 0 Å². The molecule has 190 valence electrons. The molecule has 1 aromatic carbocycles. The maximum atomic E-state index is 13.6. The van der Waals surface area contributed by atoms with Crippen LogP contribution in [-0.4, -0.2) is 44.7 Å². The van der Waals surface area contributed by atoms with Crippen molar-refractivity contribution in [1.29, 1.82) is 0 Å². The Morgan fingerprint density at radius 1 is 1.14 bits per heavy atom. The number of halogens is 3. The van der Waals surface area contributed by atoms with Gasteiger partial charge < -0.3 is 19.5 Å². The molecule has 3 rings (SSSR count). The van der Waals surface area contributed by atoms with Crippen LogP contribution < -0.4 is 5.32 Å². The summed E-state index contributed by atoms with van der Waals surface area (Å²) < 4.78 is 54.9. The third kappa shape index (κ3) is 5.42. The second kappa shape index (κ2) is 10.6. The van der Waals surface area contributed by atoms with Gasteiger partial charge in [0, 0.05) is 29.5 Å². The van der Waals surface area contributed by atoms with Gasteiger partial charge in [-0.1, -0.05) is 19.1 Å². The first kappa shape index (κ1) is 26.5. The number of ketones is 1. The number of allylic oxidation sites excluding steroid dienone is 3. The number of methoxy groups -OCH3 is 1. The van der Waals surface area contributed by atoms with Crippen LogP contribution in [0, 0.1) is 11.8 Å². The zero-order valence-electron chi connectivity index (χ0n) is 20.0. The van der Waals surface area contributed by atoms with Crippen molar-refractivity contribution >= 4 is 17.7 Å². The normalized spacial score (nSPS) is 22.5. The maximum absolute atomic E-state index is 13.6. The number of Topliss-reactive ketones (excluding diaryl/α,β-unsaturated/α-hetero) is 1. The minimum absolute atomic E-state index is 0.0368. The van der Waals surface area contributed by atoms with Crippen molar-refractivity contribution in [3.63, 3.8) is 0 Å². The molecule has 3 atom stereocenters. The van der Waals surface area contributed by atoms with E-state index in [1.165, 1.54) is 19.2 Å². The highest BCUT2D eigenvalue weighted by atomic mass is 19.4. The van der Waals surface area contributed by atoms with Gasteiger partial charge in [-0.05, 0) is 43.9 Å². The number of hydrogen-bond donors (Lipinski definition) is 1. The lowest BCUT2D eigenvalue weighted by Gasteiger charge is -2.38. The molecule has 2 aliphatic rings. The summed E-state index contributed by atoms with van der Waals surface area (Å²) in [5.74, 6) is -4.44. The molecule has 0 spiro atoms. The van der Waals surface area contributed by atoms with Gasteiger partial charge in [0.05, 0.1) is 24.9 Å². The van der Waals surface area contributed by atoms with Gasteiger partial charge in [-0.25, -0.2) is 4.79 Å². The van der Waals surface area contributed by atoms with Crippen LogP contribution in [0.4, 0.5) is 13.2 Å². The van der Waals surface area contributed by atoms with Crippen molar-refractivity contribution < 1.29 is 41.8 Å². The highest BCUT2D eigenvalue weighted by molar-refractivity contribution is 6.12. The van der Waals surface area contributed by atoms with Gasteiger partial charge in [0.15, 0.2) is 5.78 Å². The molecule has 7 nitrogen and oxygen atoms in total. The van der Waals surface area contributed by atoms with Crippen LogP contribution in [0.15, 0.2) is 46.8 Å². The zero-order valence-corrected chi connectivity index (χ0v) is 20.0. The van der Waals surface area contributed by atoms with Crippen LogP contribution in [0.2, 0.25) is 0 Å². The summed E-state index contributed by atoms with van der Waals surface area (Å²) in [6, 6.07) is 4.28. The van der Waals surface area contributed by atoms with Gasteiger partial charge in [0.25, 0.3) is 0 Å². The molecule has 0 saturated carbocycles. The monoisotopic (exact) mass is 495 g/mol. The fraction of sp³-hybridized carbons (Fsp3) is 0.480. The molecule has 1 aliphatic heterocycles. The van der Waals surface area contributed by atoms with Crippen LogP contribution in [-0.2, 0) is 34.8 Å². The summed E-state index contributed by atoms with van der Waals surface area (Å²) in [6.45, 7) is 5.75. The highest BCUT2D eigenvalue weighted by Gasteiger charge is 2.47. The first-order chi connectivity index (χ1) is 16.5. The van der Waals surface area contributed by atoms with E-state index in [0.29, 0.717) is 30.0 Å². The number of dihydropyridines is 1. The fourth-order valence-corrected chi connectivity index (χ4v) is 4.56. The Bertz CT molecular complexity index is 1060. The Morgan fingerprint density at radius 3 is 2.37 bits per heavy atom. The number of carbonyl (C=O) groups is 3. The van der Waals surface area contributed by atoms with Crippen LogP contribution >= 0.6 is 0 Å². The SMILES string of the molecule is CCOCCOC(=O)C1=C(C)NC2=C(C(=O)[C@H](C(=O)OC)[C@@H](C)C2)[C@@H]1c1ccc(C(F)(F)F)cc1. The number of esters is 2. The van der Waals surface area contributed by atoms with Crippen LogP contribution in [0.5, 0.6) is 0 Å². The second-order valence-corrected chi connectivity index (χ2v) is 8.49. The molecular weight excluding hydrogens is 467 g/mol. The molecule has 1 N–H and O–H groups in total. The molecule has 0 saturated heterocycles. The first-order valence-corrected chi connectivity index (χ1v) is 11.3. The van der Waals surface area contributed by atoms with Crippen LogP contribution in [0.25, 0.3) is 0 Å². The molecular formula is C25H28F3NO6. The molecule has 1 aromatic rings. The van der Waals surface area contributed by atoms with Crippen molar-refractivity contribution in [2.45, 2.75) is 39.3 Å². The molecule has 0 unspecified atom stereocenters. The molecule has 1 heterocycles. The topological polar surface area (TPSA) is 90.9 Å². The van der Waals surface area contributed by atoms with Crippen LogP contribution in [0.3, 0.4) is 0 Å². The predicted molar refractivity (Wildman–Crippen MR) is 119 cm³/mol. The van der Waals surface area contributed by atoms with Crippen molar-refractivity contribution in [3.8, 4) is 0 Å². The number of rotatable bonds is 7. The molecule has 0 fully saturated rings. The number of alkyl halides is 3. The Labute approximate surface area is 201 Å². The zero-order chi connectivity index (χ0) is 25.9. The summed E-state index contributed by atoms with van der Waals surface area (Å²) in [6.07, 6.45) is -4.22. The van der Waals surface area contributed by atoms with E-state index in [1.54, 1.807) is 20.8 Å². The Kier molecular flexibility index (Phi) is 8.04. The highest BCUT2D eigenvalue weighted by Crippen LogP contribution is 2.45. The average molecular weight is 495 g/mol. The Balaban J connectivity index is 2.09. The van der Waals surface area contributed by atoms with Gasteiger partial charge in [0.1, 0.15) is 12.5 Å². The van der Waals surface area contributed by atoms with Crippen LogP contribution in [0.1, 0.15) is 44.2 Å². The summed E-state index contributed by atoms with van der Waals surface area (Å²) in [5, 5.41) is 3.10. The second-order valence-electron chi connectivity index (χ2n) is 8.49. The fourth-order valence-electron chi connectivity index (χ4n) is 4.56. The molecule has 0 bridgehead atoms. The quantitative estimate of drug-likeness (QED) is 0.349. The van der Waals surface area contributed by atoms with Crippen molar-refractivity contribution in [1.82, 2.24) is 5.32 Å². The third-order valence-electron chi connectivity index (χ3n) is 6.20. The Morgan fingerprint density at radius 2 is 1.80 bits per heavy atom. The minimum Gasteiger partial charge on any atom is -0.468 e. The Hall–Kier alpha value is -3.14. The van der Waals surface area contributed by atoms with Gasteiger partial charge in [-0.2, -0.15) is 13.2 Å². The van der Waals surface area contributed by atoms with Crippen molar-refractivity contribution in [2.24, 2.45) is 11.8 Å².